The van der Waals surface area contributed by atoms with Crippen LogP contribution in [-0.2, 0) is 0 Å². The fraction of sp³-hybridized carbons (Fsp3) is 0.222. The number of carbonyl (C=O) groups is 4. The molecule has 2 aliphatic rings. The molecule has 7 N–H and O–H groups in total. The smallest absolute Gasteiger partial charge is 0.315 e. The van der Waals surface area contributed by atoms with E-state index < -0.39 is 46.5 Å². The van der Waals surface area contributed by atoms with Gasteiger partial charge < -0.3 is 41.8 Å². The largest absolute Gasteiger partial charge is 0.492 e. The van der Waals surface area contributed by atoms with E-state index in [1.54, 1.807) is 6.07 Å². The van der Waals surface area contributed by atoms with Gasteiger partial charge in [-0.1, -0.05) is 23.2 Å². The Bertz CT molecular complexity index is 2100. The maximum Gasteiger partial charge on any atom is 0.315 e. The van der Waals surface area contributed by atoms with Crippen molar-refractivity contribution in [3.05, 3.63) is 116 Å². The Kier molecular flexibility index (Phi) is 16.8. The van der Waals surface area contributed by atoms with Gasteiger partial charge in [0.15, 0.2) is 23.3 Å². The summed E-state index contributed by atoms with van der Waals surface area (Å²) in [7, 11) is 2.96. The van der Waals surface area contributed by atoms with Gasteiger partial charge in [0.25, 0.3) is 11.8 Å². The van der Waals surface area contributed by atoms with Crippen LogP contribution in [0.5, 0.6) is 11.5 Å². The SMILES string of the molecule is CNC(=O)Cl.CNC(=O)N[C@H]1CCOc2c(C(=O)Nc3ccc(F)c(F)c3)ccc(Cl)c21.Cl.N[C@H]1CCOc2c(C(=O)Nc3ccc(F)c(F)c3)ccc(Cl)c21. The third kappa shape index (κ3) is 11.5. The van der Waals surface area contributed by atoms with Gasteiger partial charge in [0.1, 0.15) is 11.5 Å². The van der Waals surface area contributed by atoms with Crippen LogP contribution in [-0.4, -0.2) is 50.5 Å². The number of hydrogen-bond donors (Lipinski definition) is 6. The average molecular weight is 865 g/mol. The lowest BCUT2D eigenvalue weighted by Gasteiger charge is -2.29. The standard InChI is InChI=1S/C18H16ClF2N3O3.C16H13ClF2N2O2.C2H4ClNO.ClH/c1-22-18(26)24-14-6-7-27-16-10(3-4-11(19)15(14)16)17(25)23-9-2-5-12(20)13(21)8-9;17-10-3-2-9(15-14(10)13(20)5-6-23-15)16(22)21-8-1-4-11(18)12(19)7-8;1-4-2(3)5;/h2-5,8,14H,6-7H2,1H3,(H,23,25)(H2,22,24,26);1-4,7,13H,5-6,20H2,(H,21,22);1H3,(H,4,5);1H/t14-;13-;;/m00../s1. The van der Waals surface area contributed by atoms with Crippen LogP contribution in [0.2, 0.25) is 10.0 Å². The van der Waals surface area contributed by atoms with E-state index >= 15 is 0 Å². The van der Waals surface area contributed by atoms with Crippen molar-refractivity contribution >= 4 is 81.8 Å². The molecule has 2 aliphatic heterocycles. The van der Waals surface area contributed by atoms with Crippen LogP contribution in [0.25, 0.3) is 0 Å². The highest BCUT2D eigenvalue weighted by atomic mass is 35.5. The molecule has 12 nitrogen and oxygen atoms in total. The van der Waals surface area contributed by atoms with Crippen molar-refractivity contribution < 1.29 is 46.2 Å². The molecule has 4 aromatic carbocycles. The van der Waals surface area contributed by atoms with E-state index in [1.165, 1.54) is 44.4 Å². The molecule has 0 saturated carbocycles. The number of carbonyl (C=O) groups excluding carboxylic acids is 4. The quantitative estimate of drug-likeness (QED) is 0.0666. The topological polar surface area (TPSA) is 173 Å². The fourth-order valence-electron chi connectivity index (χ4n) is 5.26. The molecule has 0 unspecified atom stereocenters. The third-order valence-electron chi connectivity index (χ3n) is 7.91. The summed E-state index contributed by atoms with van der Waals surface area (Å²) in [5, 5.41) is 12.6. The molecule has 0 radical (unpaired) electrons. The van der Waals surface area contributed by atoms with Crippen LogP contribution in [0.1, 0.15) is 56.8 Å². The minimum atomic E-state index is -1.07. The number of hydrogen-bond acceptors (Lipinski definition) is 7. The fourth-order valence-corrected chi connectivity index (χ4v) is 5.83. The van der Waals surface area contributed by atoms with E-state index in [4.69, 9.17) is 50.0 Å². The van der Waals surface area contributed by atoms with Gasteiger partial charge in [-0.15, -0.1) is 12.4 Å². The summed E-state index contributed by atoms with van der Waals surface area (Å²) in [6.45, 7) is 0.646. The molecule has 0 fully saturated rings. The number of halogens is 8. The van der Waals surface area contributed by atoms with Gasteiger partial charge >= 0.3 is 11.4 Å². The second-order valence-electron chi connectivity index (χ2n) is 11.5. The lowest BCUT2D eigenvalue weighted by molar-refractivity contribution is 0.101. The van der Waals surface area contributed by atoms with Crippen LogP contribution < -0.4 is 41.8 Å². The predicted molar refractivity (Wildman–Crippen MR) is 207 cm³/mol. The number of nitrogens with two attached hydrogens (primary N) is 1. The van der Waals surface area contributed by atoms with Crippen LogP contribution in [0.3, 0.4) is 0 Å². The summed E-state index contributed by atoms with van der Waals surface area (Å²) in [6.07, 6.45) is 1.08. The van der Waals surface area contributed by atoms with Crippen molar-refractivity contribution in [3.63, 3.8) is 0 Å². The molecular formula is C36H34Cl4F4N6O6. The molecule has 5 amide bonds. The van der Waals surface area contributed by atoms with E-state index in [2.05, 4.69) is 26.6 Å². The number of benzene rings is 4. The first-order valence-electron chi connectivity index (χ1n) is 16.2. The first-order valence-corrected chi connectivity index (χ1v) is 17.3. The summed E-state index contributed by atoms with van der Waals surface area (Å²) in [5.41, 5.74) is 7.73. The van der Waals surface area contributed by atoms with Crippen LogP contribution >= 0.6 is 47.2 Å². The van der Waals surface area contributed by atoms with Crippen molar-refractivity contribution in [1.29, 1.82) is 0 Å². The summed E-state index contributed by atoms with van der Waals surface area (Å²) < 4.78 is 63.7. The molecule has 0 aromatic heterocycles. The Labute approximate surface area is 339 Å². The van der Waals surface area contributed by atoms with Crippen molar-refractivity contribution in [2.45, 2.75) is 24.9 Å². The third-order valence-corrected chi connectivity index (χ3v) is 8.75. The number of fused-ring (bicyclic) bond motifs is 2. The van der Waals surface area contributed by atoms with Crippen LogP contribution in [0.4, 0.5) is 38.5 Å². The number of ether oxygens (including phenoxy) is 2. The highest BCUT2D eigenvalue weighted by Gasteiger charge is 2.30. The minimum absolute atomic E-state index is 0. The first-order chi connectivity index (χ1) is 26.1. The molecule has 2 heterocycles. The minimum Gasteiger partial charge on any atom is -0.492 e. The number of nitrogens with one attached hydrogen (secondary N) is 5. The zero-order valence-electron chi connectivity index (χ0n) is 29.3. The Morgan fingerprint density at radius 2 is 1.12 bits per heavy atom. The zero-order valence-corrected chi connectivity index (χ0v) is 32.4. The van der Waals surface area contributed by atoms with Gasteiger partial charge in [-0.2, -0.15) is 0 Å². The Balaban J connectivity index is 0.000000266. The van der Waals surface area contributed by atoms with Gasteiger partial charge in [0, 0.05) is 77.7 Å². The number of rotatable bonds is 5. The Morgan fingerprint density at radius 3 is 1.57 bits per heavy atom. The number of anilines is 2. The van der Waals surface area contributed by atoms with E-state index in [0.717, 1.165) is 24.3 Å². The number of urea groups is 1. The van der Waals surface area contributed by atoms with Crippen LogP contribution in [0, 0.1) is 23.3 Å². The van der Waals surface area contributed by atoms with E-state index in [-0.39, 0.29) is 59.3 Å². The molecule has 2 atom stereocenters. The average Bonchev–Trinajstić information content (AvgIpc) is 3.15. The molecule has 0 aliphatic carbocycles. The summed E-state index contributed by atoms with van der Waals surface area (Å²) in [4.78, 5) is 46.2. The molecule has 0 bridgehead atoms. The van der Waals surface area contributed by atoms with Gasteiger partial charge in [0.05, 0.1) is 30.4 Å². The molecule has 0 saturated heterocycles. The lowest BCUT2D eigenvalue weighted by Crippen LogP contribution is -2.38. The highest BCUT2D eigenvalue weighted by Crippen LogP contribution is 2.41. The van der Waals surface area contributed by atoms with Crippen molar-refractivity contribution in [1.82, 2.24) is 16.0 Å². The van der Waals surface area contributed by atoms with E-state index in [1.807, 2.05) is 0 Å². The Morgan fingerprint density at radius 1 is 0.679 bits per heavy atom. The lowest BCUT2D eigenvalue weighted by atomic mass is 9.97. The van der Waals surface area contributed by atoms with Crippen molar-refractivity contribution in [3.8, 4) is 11.5 Å². The van der Waals surface area contributed by atoms with Crippen LogP contribution in [0.15, 0.2) is 60.7 Å². The summed E-state index contributed by atoms with van der Waals surface area (Å²) in [5.74, 6) is -4.63. The maximum atomic E-state index is 13.4. The number of amides is 5. The van der Waals surface area contributed by atoms with Crippen molar-refractivity contribution in [2.24, 2.45) is 5.73 Å². The normalized spacial score (nSPS) is 14.8. The molecule has 20 heteroatoms. The second kappa shape index (κ2) is 20.8. The molecular weight excluding hydrogens is 830 g/mol. The maximum absolute atomic E-state index is 13.4. The zero-order chi connectivity index (χ0) is 40.4. The van der Waals surface area contributed by atoms with Gasteiger partial charge in [0.2, 0.25) is 0 Å². The second-order valence-corrected chi connectivity index (χ2v) is 12.7. The van der Waals surface area contributed by atoms with Gasteiger partial charge in [-0.05, 0) is 60.1 Å². The monoisotopic (exact) mass is 862 g/mol. The molecule has 0 spiro atoms. The molecule has 4 aromatic rings. The molecule has 56 heavy (non-hydrogen) atoms. The summed E-state index contributed by atoms with van der Waals surface area (Å²) >= 11 is 17.1. The van der Waals surface area contributed by atoms with Crippen molar-refractivity contribution in [2.75, 3.05) is 37.9 Å². The summed E-state index contributed by atoms with van der Waals surface area (Å²) in [6, 6.07) is 11.1. The molecule has 300 valence electrons. The predicted octanol–water partition coefficient (Wildman–Crippen LogP) is 8.26. The highest BCUT2D eigenvalue weighted by molar-refractivity contribution is 6.62. The van der Waals surface area contributed by atoms with E-state index in [0.29, 0.717) is 46.4 Å². The molecule has 6 rings (SSSR count). The van der Waals surface area contributed by atoms with Gasteiger partial charge in [-0.3, -0.25) is 14.4 Å². The first kappa shape index (κ1) is 45.4. The van der Waals surface area contributed by atoms with Gasteiger partial charge in [-0.25, -0.2) is 22.4 Å². The van der Waals surface area contributed by atoms with E-state index in [9.17, 15) is 36.7 Å². The Hall–Kier alpha value is -5.00.